The lowest BCUT2D eigenvalue weighted by molar-refractivity contribution is -0.142. The van der Waals surface area contributed by atoms with Gasteiger partial charge < -0.3 is 9.72 Å². The maximum atomic E-state index is 12.3. The number of benzene rings is 1. The van der Waals surface area contributed by atoms with E-state index in [9.17, 15) is 9.59 Å². The zero-order chi connectivity index (χ0) is 18.2. The lowest BCUT2D eigenvalue weighted by Gasteiger charge is -2.19. The Hall–Kier alpha value is -2.32. The fourth-order valence-electron chi connectivity index (χ4n) is 2.27. The Balaban J connectivity index is 2.10. The highest BCUT2D eigenvalue weighted by molar-refractivity contribution is 8.01. The number of carbonyl (C=O) groups excluding carboxylic acids is 1. The summed E-state index contributed by atoms with van der Waals surface area (Å²) in [5, 5.41) is 5.43. The summed E-state index contributed by atoms with van der Waals surface area (Å²) in [6, 6.07) is 7.07. The summed E-state index contributed by atoms with van der Waals surface area (Å²) in [6.07, 6.45) is 1.45. The molecular weight excluding hydrogens is 364 g/mol. The molecule has 0 bridgehead atoms. The molecule has 0 fully saturated rings. The van der Waals surface area contributed by atoms with E-state index in [4.69, 9.17) is 16.3 Å². The molecule has 2 aromatic heterocycles. The van der Waals surface area contributed by atoms with Crippen molar-refractivity contribution in [2.75, 3.05) is 7.11 Å². The van der Waals surface area contributed by atoms with Gasteiger partial charge in [0.05, 0.1) is 19.0 Å². The number of nitrogens with one attached hydrogen (secondary N) is 1. The van der Waals surface area contributed by atoms with E-state index in [2.05, 4.69) is 15.1 Å². The molecule has 9 heteroatoms. The van der Waals surface area contributed by atoms with Gasteiger partial charge in [-0.2, -0.15) is 5.10 Å². The molecule has 7 nitrogen and oxygen atoms in total. The van der Waals surface area contributed by atoms with Crippen LogP contribution in [0.2, 0.25) is 5.02 Å². The molecule has 25 heavy (non-hydrogen) atoms. The second-order valence-corrected chi connectivity index (χ2v) is 7.80. The summed E-state index contributed by atoms with van der Waals surface area (Å²) < 4.78 is 5.41. The summed E-state index contributed by atoms with van der Waals surface area (Å²) in [6.45, 7) is 3.39. The molecule has 0 atom stereocenters. The molecule has 3 rings (SSSR count). The van der Waals surface area contributed by atoms with E-state index in [0.717, 1.165) is 11.8 Å². The molecule has 0 saturated carbocycles. The first-order chi connectivity index (χ1) is 11.8. The van der Waals surface area contributed by atoms with Gasteiger partial charge in [0.15, 0.2) is 10.8 Å². The predicted molar refractivity (Wildman–Crippen MR) is 96.4 cm³/mol. The Morgan fingerprint density at radius 3 is 2.84 bits per heavy atom. The molecule has 0 aliphatic rings. The Kier molecular flexibility index (Phi) is 4.57. The predicted octanol–water partition coefficient (Wildman–Crippen LogP) is 2.81. The van der Waals surface area contributed by atoms with Crippen molar-refractivity contribution in [3.05, 3.63) is 45.8 Å². The number of carbonyl (C=O) groups is 1. The molecule has 0 amide bonds. The van der Waals surface area contributed by atoms with E-state index in [-0.39, 0.29) is 5.56 Å². The molecule has 0 aliphatic carbocycles. The highest BCUT2D eigenvalue weighted by Gasteiger charge is 2.31. The Morgan fingerprint density at radius 2 is 2.16 bits per heavy atom. The normalized spacial score (nSPS) is 11.7. The van der Waals surface area contributed by atoms with E-state index in [1.807, 2.05) is 6.07 Å². The van der Waals surface area contributed by atoms with Crippen molar-refractivity contribution in [2.45, 2.75) is 23.8 Å². The van der Waals surface area contributed by atoms with Crippen molar-refractivity contribution in [3.8, 4) is 5.69 Å². The van der Waals surface area contributed by atoms with Gasteiger partial charge in [-0.05, 0) is 32.0 Å². The number of hydrogen-bond acceptors (Lipinski definition) is 6. The number of halogens is 1. The summed E-state index contributed by atoms with van der Waals surface area (Å²) in [4.78, 5) is 31.3. The Labute approximate surface area is 152 Å². The van der Waals surface area contributed by atoms with Crippen LogP contribution < -0.4 is 5.56 Å². The number of nitrogens with zero attached hydrogens (tertiary/aromatic N) is 3. The lowest BCUT2D eigenvalue weighted by Crippen LogP contribution is -2.29. The SMILES string of the molecule is COC(=O)C(C)(C)Sc1nc2c(cnn2-c2cccc(Cl)c2)c(=O)[nH]1. The van der Waals surface area contributed by atoms with E-state index in [1.165, 1.54) is 18.0 Å². The van der Waals surface area contributed by atoms with Gasteiger partial charge in [-0.3, -0.25) is 9.59 Å². The van der Waals surface area contributed by atoms with Gasteiger partial charge in [-0.1, -0.05) is 29.4 Å². The summed E-state index contributed by atoms with van der Waals surface area (Å²) in [5.74, 6) is -0.413. The highest BCUT2D eigenvalue weighted by atomic mass is 35.5. The minimum atomic E-state index is -0.903. The molecule has 0 unspecified atom stereocenters. The average molecular weight is 379 g/mol. The standard InChI is InChI=1S/C16H15ClN4O3S/c1-16(2,14(23)24-3)25-15-19-12-11(13(22)20-15)8-18-21(12)10-6-4-5-9(17)7-10/h4-8H,1-3H3,(H,19,20,22). The van der Waals surface area contributed by atoms with Gasteiger partial charge >= 0.3 is 5.97 Å². The summed E-state index contributed by atoms with van der Waals surface area (Å²) >= 11 is 7.14. The number of methoxy groups -OCH3 is 1. The fraction of sp³-hybridized carbons (Fsp3) is 0.250. The number of H-pyrrole nitrogens is 1. The quantitative estimate of drug-likeness (QED) is 0.426. The molecular formula is C16H15ClN4O3S. The van der Waals surface area contributed by atoms with Gasteiger partial charge in [-0.15, -0.1) is 0 Å². The molecule has 2 heterocycles. The molecule has 0 spiro atoms. The third kappa shape index (κ3) is 3.40. The first kappa shape index (κ1) is 17.5. The van der Waals surface area contributed by atoms with Crippen LogP contribution in [0.15, 0.2) is 40.4 Å². The molecule has 3 aromatic rings. The first-order valence-electron chi connectivity index (χ1n) is 7.33. The molecule has 0 saturated heterocycles. The number of aromatic nitrogens is 4. The zero-order valence-electron chi connectivity index (χ0n) is 13.7. The van der Waals surface area contributed by atoms with Crippen molar-refractivity contribution in [2.24, 2.45) is 0 Å². The molecule has 1 N–H and O–H groups in total. The smallest absolute Gasteiger partial charge is 0.321 e. The summed E-state index contributed by atoms with van der Waals surface area (Å²) in [7, 11) is 1.32. The van der Waals surface area contributed by atoms with Crippen molar-refractivity contribution >= 4 is 40.4 Å². The second kappa shape index (κ2) is 6.53. The molecule has 0 radical (unpaired) electrons. The monoisotopic (exact) mass is 378 g/mol. The number of esters is 1. The molecule has 130 valence electrons. The van der Waals surface area contributed by atoms with Crippen molar-refractivity contribution in [3.63, 3.8) is 0 Å². The lowest BCUT2D eigenvalue weighted by atomic mass is 10.2. The van der Waals surface area contributed by atoms with Crippen molar-refractivity contribution in [1.29, 1.82) is 0 Å². The maximum Gasteiger partial charge on any atom is 0.321 e. The van der Waals surface area contributed by atoms with E-state index < -0.39 is 10.7 Å². The zero-order valence-corrected chi connectivity index (χ0v) is 15.3. The molecule has 1 aromatic carbocycles. The van der Waals surface area contributed by atoms with Crippen molar-refractivity contribution < 1.29 is 9.53 Å². The Morgan fingerprint density at radius 1 is 1.40 bits per heavy atom. The number of fused-ring (bicyclic) bond motifs is 1. The van der Waals surface area contributed by atoms with Crippen LogP contribution >= 0.6 is 23.4 Å². The van der Waals surface area contributed by atoms with Crippen LogP contribution in [0.1, 0.15) is 13.8 Å². The first-order valence-corrected chi connectivity index (χ1v) is 8.52. The number of hydrogen-bond donors (Lipinski definition) is 1. The third-order valence-electron chi connectivity index (χ3n) is 3.50. The highest BCUT2D eigenvalue weighted by Crippen LogP contribution is 2.31. The number of ether oxygens (including phenoxy) is 1. The number of rotatable bonds is 4. The van der Waals surface area contributed by atoms with Gasteiger partial charge in [-0.25, -0.2) is 9.67 Å². The van der Waals surface area contributed by atoms with Crippen LogP contribution in [0, 0.1) is 0 Å². The van der Waals surface area contributed by atoms with Gasteiger partial charge in [0.1, 0.15) is 10.1 Å². The second-order valence-electron chi connectivity index (χ2n) is 5.75. The van der Waals surface area contributed by atoms with Crippen LogP contribution in [0.4, 0.5) is 0 Å². The minimum absolute atomic E-state index is 0.302. The largest absolute Gasteiger partial charge is 0.468 e. The van der Waals surface area contributed by atoms with Gasteiger partial charge in [0.25, 0.3) is 5.56 Å². The topological polar surface area (TPSA) is 89.9 Å². The number of thioether (sulfide) groups is 1. The van der Waals surface area contributed by atoms with E-state index in [1.54, 1.807) is 32.0 Å². The van der Waals surface area contributed by atoms with Crippen LogP contribution in [0.3, 0.4) is 0 Å². The van der Waals surface area contributed by atoms with E-state index >= 15 is 0 Å². The van der Waals surface area contributed by atoms with Gasteiger partial charge in [0, 0.05) is 5.02 Å². The van der Waals surface area contributed by atoms with Crippen LogP contribution in [-0.4, -0.2) is 37.6 Å². The number of aromatic amines is 1. The third-order valence-corrected chi connectivity index (χ3v) is 4.80. The van der Waals surface area contributed by atoms with E-state index in [0.29, 0.717) is 26.9 Å². The van der Waals surface area contributed by atoms with Crippen LogP contribution in [0.5, 0.6) is 0 Å². The van der Waals surface area contributed by atoms with Crippen LogP contribution in [0.25, 0.3) is 16.7 Å². The van der Waals surface area contributed by atoms with Crippen molar-refractivity contribution in [1.82, 2.24) is 19.7 Å². The maximum absolute atomic E-state index is 12.3. The minimum Gasteiger partial charge on any atom is -0.468 e. The fourth-order valence-corrected chi connectivity index (χ4v) is 3.38. The summed E-state index contributed by atoms with van der Waals surface area (Å²) in [5.41, 5.74) is 0.736. The average Bonchev–Trinajstić information content (AvgIpc) is 2.98. The van der Waals surface area contributed by atoms with Crippen LogP contribution in [-0.2, 0) is 9.53 Å². The molecule has 0 aliphatic heterocycles. The Bertz CT molecular complexity index is 1010. The van der Waals surface area contributed by atoms with Gasteiger partial charge in [0.2, 0.25) is 0 Å².